The van der Waals surface area contributed by atoms with Gasteiger partial charge >= 0.3 is 0 Å². The van der Waals surface area contributed by atoms with Crippen LogP contribution in [-0.2, 0) is 6.42 Å². The molecule has 0 spiro atoms. The molecule has 0 aliphatic heterocycles. The molecular formula is C13H20ClN3. The summed E-state index contributed by atoms with van der Waals surface area (Å²) in [5.41, 5.74) is 0. The van der Waals surface area contributed by atoms with Crippen LogP contribution >= 0.6 is 11.6 Å². The smallest absolute Gasteiger partial charge is 0.134 e. The Bertz CT molecular complexity index is 381. The van der Waals surface area contributed by atoms with Crippen molar-refractivity contribution in [1.29, 1.82) is 0 Å². The topological polar surface area (TPSA) is 37.8 Å². The number of hydrogen-bond donors (Lipinski definition) is 1. The Morgan fingerprint density at radius 2 is 2.24 bits per heavy atom. The highest BCUT2D eigenvalue weighted by Gasteiger charge is 2.19. The number of hydrogen-bond acceptors (Lipinski definition) is 3. The predicted octanol–water partition coefficient (Wildman–Crippen LogP) is 3.68. The van der Waals surface area contributed by atoms with Crippen LogP contribution in [0.5, 0.6) is 0 Å². The minimum absolute atomic E-state index is 0.531. The molecule has 2 atom stereocenters. The number of halogens is 1. The summed E-state index contributed by atoms with van der Waals surface area (Å²) >= 11 is 5.98. The maximum absolute atomic E-state index is 5.98. The molecule has 1 aliphatic rings. The Balaban J connectivity index is 2.04. The monoisotopic (exact) mass is 253 g/mol. The van der Waals surface area contributed by atoms with Gasteiger partial charge < -0.3 is 5.32 Å². The summed E-state index contributed by atoms with van der Waals surface area (Å²) in [5.74, 6) is 2.49. The molecule has 1 heterocycles. The molecule has 0 radical (unpaired) electrons. The minimum Gasteiger partial charge on any atom is -0.367 e. The maximum Gasteiger partial charge on any atom is 0.134 e. The van der Waals surface area contributed by atoms with Gasteiger partial charge in [-0.1, -0.05) is 38.3 Å². The summed E-state index contributed by atoms with van der Waals surface area (Å²) in [6.07, 6.45) is 5.92. The first-order valence-corrected chi connectivity index (χ1v) is 6.85. The number of nitrogens with zero attached hydrogens (tertiary/aromatic N) is 2. The second kappa shape index (κ2) is 5.67. The van der Waals surface area contributed by atoms with Gasteiger partial charge in [-0.05, 0) is 18.8 Å². The molecule has 2 unspecified atom stereocenters. The van der Waals surface area contributed by atoms with Gasteiger partial charge in [-0.2, -0.15) is 0 Å². The molecule has 1 aromatic heterocycles. The predicted molar refractivity (Wildman–Crippen MR) is 71.5 cm³/mol. The summed E-state index contributed by atoms with van der Waals surface area (Å²) in [6.45, 7) is 4.36. The van der Waals surface area contributed by atoms with Gasteiger partial charge in [0.25, 0.3) is 0 Å². The zero-order valence-corrected chi connectivity index (χ0v) is 11.3. The van der Waals surface area contributed by atoms with Gasteiger partial charge in [-0.15, -0.1) is 0 Å². The van der Waals surface area contributed by atoms with E-state index in [0.29, 0.717) is 11.2 Å². The highest BCUT2D eigenvalue weighted by atomic mass is 35.5. The Morgan fingerprint density at radius 1 is 1.41 bits per heavy atom. The van der Waals surface area contributed by atoms with E-state index < -0.39 is 0 Å². The average Bonchev–Trinajstić information content (AvgIpc) is 2.28. The Morgan fingerprint density at radius 3 is 2.94 bits per heavy atom. The van der Waals surface area contributed by atoms with Crippen molar-refractivity contribution in [2.24, 2.45) is 5.92 Å². The number of rotatable bonds is 3. The lowest BCUT2D eigenvalue weighted by Crippen LogP contribution is -2.26. The lowest BCUT2D eigenvalue weighted by Gasteiger charge is -2.27. The van der Waals surface area contributed by atoms with Crippen molar-refractivity contribution in [3.05, 3.63) is 17.0 Å². The van der Waals surface area contributed by atoms with Gasteiger partial charge in [-0.3, -0.25) is 0 Å². The van der Waals surface area contributed by atoms with Gasteiger partial charge in [0.1, 0.15) is 16.8 Å². The largest absolute Gasteiger partial charge is 0.367 e. The van der Waals surface area contributed by atoms with Crippen LogP contribution in [0.25, 0.3) is 0 Å². The van der Waals surface area contributed by atoms with Crippen molar-refractivity contribution < 1.29 is 0 Å². The number of nitrogens with one attached hydrogen (secondary N) is 1. The molecule has 0 aromatic carbocycles. The van der Waals surface area contributed by atoms with Gasteiger partial charge in [0.2, 0.25) is 0 Å². The normalized spacial score (nSPS) is 24.6. The third-order valence-corrected chi connectivity index (χ3v) is 3.54. The van der Waals surface area contributed by atoms with Crippen LogP contribution in [-0.4, -0.2) is 16.0 Å². The zero-order valence-electron chi connectivity index (χ0n) is 10.5. The van der Waals surface area contributed by atoms with E-state index in [1.807, 2.05) is 13.0 Å². The second-order valence-electron chi connectivity index (χ2n) is 4.96. The molecule has 1 aromatic rings. The van der Waals surface area contributed by atoms with Crippen molar-refractivity contribution >= 4 is 17.4 Å². The Kier molecular flexibility index (Phi) is 4.21. The fourth-order valence-corrected chi connectivity index (χ4v) is 2.67. The third kappa shape index (κ3) is 3.56. The fourth-order valence-electron chi connectivity index (χ4n) is 2.47. The molecule has 94 valence electrons. The molecule has 1 fully saturated rings. The first kappa shape index (κ1) is 12.6. The first-order valence-electron chi connectivity index (χ1n) is 6.47. The van der Waals surface area contributed by atoms with Crippen molar-refractivity contribution in [3.8, 4) is 0 Å². The van der Waals surface area contributed by atoms with Gasteiger partial charge in [0.15, 0.2) is 0 Å². The molecule has 3 nitrogen and oxygen atoms in total. The molecule has 0 saturated heterocycles. The van der Waals surface area contributed by atoms with E-state index in [9.17, 15) is 0 Å². The summed E-state index contributed by atoms with van der Waals surface area (Å²) < 4.78 is 0. The number of aromatic nitrogens is 2. The van der Waals surface area contributed by atoms with Gasteiger partial charge in [-0.25, -0.2) is 9.97 Å². The standard InChI is InChI=1S/C13H20ClN3/c1-3-12-16-11(14)8-13(17-12)15-10-6-4-5-9(2)7-10/h8-10H,3-7H2,1-2H3,(H,15,16,17). The second-order valence-corrected chi connectivity index (χ2v) is 5.35. The first-order chi connectivity index (χ1) is 8.17. The zero-order chi connectivity index (χ0) is 12.3. The summed E-state index contributed by atoms with van der Waals surface area (Å²) in [7, 11) is 0. The maximum atomic E-state index is 5.98. The summed E-state index contributed by atoms with van der Waals surface area (Å²) in [4.78, 5) is 8.64. The average molecular weight is 254 g/mol. The summed E-state index contributed by atoms with van der Waals surface area (Å²) in [6, 6.07) is 2.36. The van der Waals surface area contributed by atoms with Crippen molar-refractivity contribution in [3.63, 3.8) is 0 Å². The molecule has 1 N–H and O–H groups in total. The van der Waals surface area contributed by atoms with Crippen molar-refractivity contribution in [2.75, 3.05) is 5.32 Å². The van der Waals surface area contributed by atoms with Crippen molar-refractivity contribution in [2.45, 2.75) is 52.0 Å². The van der Waals surface area contributed by atoms with E-state index in [-0.39, 0.29) is 0 Å². The Hall–Kier alpha value is -0.830. The fraction of sp³-hybridized carbons (Fsp3) is 0.692. The molecule has 2 rings (SSSR count). The van der Waals surface area contributed by atoms with Crippen LogP contribution in [0.2, 0.25) is 5.15 Å². The third-order valence-electron chi connectivity index (χ3n) is 3.35. The quantitative estimate of drug-likeness (QED) is 0.835. The molecule has 4 heteroatoms. The van der Waals surface area contributed by atoms with E-state index in [2.05, 4.69) is 22.2 Å². The van der Waals surface area contributed by atoms with E-state index in [0.717, 1.165) is 24.0 Å². The SMILES string of the molecule is CCc1nc(Cl)cc(NC2CCCC(C)C2)n1. The minimum atomic E-state index is 0.531. The lowest BCUT2D eigenvalue weighted by molar-refractivity contribution is 0.358. The van der Waals surface area contributed by atoms with E-state index in [4.69, 9.17) is 11.6 Å². The van der Waals surface area contributed by atoms with E-state index in [1.165, 1.54) is 25.7 Å². The van der Waals surface area contributed by atoms with Gasteiger partial charge in [0, 0.05) is 18.5 Å². The summed E-state index contributed by atoms with van der Waals surface area (Å²) in [5, 5.41) is 4.02. The van der Waals surface area contributed by atoms with Crippen LogP contribution in [0.3, 0.4) is 0 Å². The molecule has 1 saturated carbocycles. The number of anilines is 1. The van der Waals surface area contributed by atoms with Gasteiger partial charge in [0.05, 0.1) is 0 Å². The van der Waals surface area contributed by atoms with E-state index in [1.54, 1.807) is 0 Å². The van der Waals surface area contributed by atoms with Crippen molar-refractivity contribution in [1.82, 2.24) is 9.97 Å². The van der Waals surface area contributed by atoms with Crippen LogP contribution in [0, 0.1) is 5.92 Å². The lowest BCUT2D eigenvalue weighted by atomic mass is 9.87. The van der Waals surface area contributed by atoms with Crippen LogP contribution in [0.4, 0.5) is 5.82 Å². The van der Waals surface area contributed by atoms with E-state index >= 15 is 0 Å². The molecule has 17 heavy (non-hydrogen) atoms. The molecule has 0 amide bonds. The Labute approximate surface area is 108 Å². The molecular weight excluding hydrogens is 234 g/mol. The highest BCUT2D eigenvalue weighted by Crippen LogP contribution is 2.26. The molecule has 0 bridgehead atoms. The highest BCUT2D eigenvalue weighted by molar-refractivity contribution is 6.29. The van der Waals surface area contributed by atoms with Crippen LogP contribution < -0.4 is 5.32 Å². The number of aryl methyl sites for hydroxylation is 1. The van der Waals surface area contributed by atoms with Crippen LogP contribution in [0.1, 0.15) is 45.4 Å². The van der Waals surface area contributed by atoms with Crippen LogP contribution in [0.15, 0.2) is 6.07 Å². The molecule has 1 aliphatic carbocycles.